The summed E-state index contributed by atoms with van der Waals surface area (Å²) in [6, 6.07) is 0.236. The van der Waals surface area contributed by atoms with Crippen LogP contribution in [0.3, 0.4) is 0 Å². The molecule has 0 aliphatic heterocycles. The van der Waals surface area contributed by atoms with Gasteiger partial charge in [-0.25, -0.2) is 4.98 Å². The van der Waals surface area contributed by atoms with Crippen molar-refractivity contribution < 1.29 is 5.11 Å². The number of nitrogens with zero attached hydrogens (tertiary/aromatic N) is 2. The molecule has 0 unspecified atom stereocenters. The lowest BCUT2D eigenvalue weighted by Gasteiger charge is -2.43. The van der Waals surface area contributed by atoms with Gasteiger partial charge in [-0.1, -0.05) is 0 Å². The fourth-order valence-electron chi connectivity index (χ4n) is 1.85. The van der Waals surface area contributed by atoms with Crippen LogP contribution < -0.4 is 0 Å². The summed E-state index contributed by atoms with van der Waals surface area (Å²) in [4.78, 5) is 4.14. The van der Waals surface area contributed by atoms with Crippen molar-refractivity contribution >= 4 is 0 Å². The first-order valence-corrected chi connectivity index (χ1v) is 4.33. The molecule has 3 heteroatoms. The van der Waals surface area contributed by atoms with Crippen molar-refractivity contribution in [3.63, 3.8) is 0 Å². The van der Waals surface area contributed by atoms with E-state index >= 15 is 0 Å². The standard InChI is InChI=1S/C9H14N2O/c1-7-10-5-6-11(7)8-3-4-9(8,2)12/h5-6,8,12H,3-4H2,1-2H3/t8-,9-/m0/s1. The highest BCUT2D eigenvalue weighted by atomic mass is 16.3. The van der Waals surface area contributed by atoms with E-state index in [1.54, 1.807) is 6.20 Å². The minimum Gasteiger partial charge on any atom is -0.388 e. The average Bonchev–Trinajstić information content (AvgIpc) is 2.35. The van der Waals surface area contributed by atoms with Crippen LogP contribution in [0.15, 0.2) is 12.4 Å². The van der Waals surface area contributed by atoms with Crippen LogP contribution in [0.1, 0.15) is 31.6 Å². The lowest BCUT2D eigenvalue weighted by atomic mass is 9.76. The summed E-state index contributed by atoms with van der Waals surface area (Å²) in [5.41, 5.74) is -0.522. The van der Waals surface area contributed by atoms with Crippen molar-refractivity contribution in [3.8, 4) is 0 Å². The van der Waals surface area contributed by atoms with E-state index in [9.17, 15) is 5.11 Å². The highest BCUT2D eigenvalue weighted by Crippen LogP contribution is 2.42. The second-order valence-corrected chi connectivity index (χ2v) is 3.79. The second-order valence-electron chi connectivity index (χ2n) is 3.79. The van der Waals surface area contributed by atoms with Crippen LogP contribution in [0.25, 0.3) is 0 Å². The van der Waals surface area contributed by atoms with Crippen LogP contribution >= 0.6 is 0 Å². The number of aliphatic hydroxyl groups is 1. The third-order valence-electron chi connectivity index (χ3n) is 2.84. The van der Waals surface area contributed by atoms with Gasteiger partial charge in [-0.05, 0) is 26.7 Å². The van der Waals surface area contributed by atoms with Gasteiger partial charge in [0, 0.05) is 12.4 Å². The minimum absolute atomic E-state index is 0.236. The van der Waals surface area contributed by atoms with E-state index in [2.05, 4.69) is 9.55 Å². The summed E-state index contributed by atoms with van der Waals surface area (Å²) in [7, 11) is 0. The number of imidazole rings is 1. The molecule has 0 amide bonds. The molecular formula is C9H14N2O. The highest BCUT2D eigenvalue weighted by molar-refractivity contribution is 5.03. The van der Waals surface area contributed by atoms with Crippen LogP contribution in [-0.2, 0) is 0 Å². The molecule has 1 aliphatic rings. The molecule has 2 atom stereocenters. The maximum atomic E-state index is 9.82. The fraction of sp³-hybridized carbons (Fsp3) is 0.667. The average molecular weight is 166 g/mol. The predicted molar refractivity (Wildman–Crippen MR) is 45.9 cm³/mol. The summed E-state index contributed by atoms with van der Waals surface area (Å²) in [6.07, 6.45) is 5.68. The molecule has 0 radical (unpaired) electrons. The van der Waals surface area contributed by atoms with Gasteiger partial charge in [0.05, 0.1) is 11.6 Å². The van der Waals surface area contributed by atoms with Crippen molar-refractivity contribution in [2.45, 2.75) is 38.3 Å². The molecular weight excluding hydrogens is 152 g/mol. The first-order valence-electron chi connectivity index (χ1n) is 4.33. The van der Waals surface area contributed by atoms with Crippen molar-refractivity contribution in [2.75, 3.05) is 0 Å². The first-order chi connectivity index (χ1) is 5.61. The Kier molecular flexibility index (Phi) is 1.51. The third kappa shape index (κ3) is 0.966. The second kappa shape index (κ2) is 2.33. The molecule has 0 spiro atoms. The van der Waals surface area contributed by atoms with E-state index in [1.165, 1.54) is 0 Å². The summed E-state index contributed by atoms with van der Waals surface area (Å²) in [5, 5.41) is 9.82. The topological polar surface area (TPSA) is 38.0 Å². The molecule has 1 saturated carbocycles. The summed E-state index contributed by atoms with van der Waals surface area (Å²) < 4.78 is 2.06. The van der Waals surface area contributed by atoms with Gasteiger partial charge < -0.3 is 9.67 Å². The van der Waals surface area contributed by atoms with Gasteiger partial charge in [0.1, 0.15) is 5.82 Å². The fourth-order valence-corrected chi connectivity index (χ4v) is 1.85. The van der Waals surface area contributed by atoms with Gasteiger partial charge in [-0.3, -0.25) is 0 Å². The maximum Gasteiger partial charge on any atom is 0.105 e. The molecule has 1 aromatic heterocycles. The van der Waals surface area contributed by atoms with Crippen molar-refractivity contribution in [2.24, 2.45) is 0 Å². The van der Waals surface area contributed by atoms with Crippen molar-refractivity contribution in [1.29, 1.82) is 0 Å². The van der Waals surface area contributed by atoms with E-state index in [-0.39, 0.29) is 6.04 Å². The van der Waals surface area contributed by atoms with Crippen molar-refractivity contribution in [3.05, 3.63) is 18.2 Å². The molecule has 1 heterocycles. The highest BCUT2D eigenvalue weighted by Gasteiger charge is 2.42. The van der Waals surface area contributed by atoms with Crippen LogP contribution in [0.5, 0.6) is 0 Å². The van der Waals surface area contributed by atoms with Gasteiger partial charge >= 0.3 is 0 Å². The van der Waals surface area contributed by atoms with Gasteiger partial charge in [0.25, 0.3) is 0 Å². The van der Waals surface area contributed by atoms with Gasteiger partial charge in [-0.15, -0.1) is 0 Å². The molecule has 0 saturated heterocycles. The third-order valence-corrected chi connectivity index (χ3v) is 2.84. The van der Waals surface area contributed by atoms with E-state index in [0.29, 0.717) is 0 Å². The molecule has 66 valence electrons. The van der Waals surface area contributed by atoms with Gasteiger partial charge in [0.2, 0.25) is 0 Å². The SMILES string of the molecule is Cc1nccn1[C@H]1CC[C@]1(C)O. The molecule has 3 nitrogen and oxygen atoms in total. The Morgan fingerprint density at radius 3 is 2.83 bits per heavy atom. The van der Waals surface area contributed by atoms with Crippen LogP contribution in [0.4, 0.5) is 0 Å². The van der Waals surface area contributed by atoms with Crippen molar-refractivity contribution in [1.82, 2.24) is 9.55 Å². The number of aryl methyl sites for hydroxylation is 1. The normalized spacial score (nSPS) is 34.8. The minimum atomic E-state index is -0.522. The van der Waals surface area contributed by atoms with E-state index in [4.69, 9.17) is 0 Å². The lowest BCUT2D eigenvalue weighted by Crippen LogP contribution is -2.45. The Morgan fingerprint density at radius 2 is 2.50 bits per heavy atom. The summed E-state index contributed by atoms with van der Waals surface area (Å²) in [6.45, 7) is 3.86. The zero-order valence-corrected chi connectivity index (χ0v) is 7.49. The molecule has 2 rings (SSSR count). The molecule has 1 aliphatic carbocycles. The summed E-state index contributed by atoms with van der Waals surface area (Å²) in [5.74, 6) is 0.986. The molecule has 1 N–H and O–H groups in total. The summed E-state index contributed by atoms with van der Waals surface area (Å²) >= 11 is 0. The zero-order chi connectivity index (χ0) is 8.77. The maximum absolute atomic E-state index is 9.82. The Labute approximate surface area is 72.0 Å². The molecule has 0 bridgehead atoms. The Hall–Kier alpha value is -0.830. The van der Waals surface area contributed by atoms with Crippen LogP contribution in [0.2, 0.25) is 0 Å². The lowest BCUT2D eigenvalue weighted by molar-refractivity contribution is -0.0699. The first kappa shape index (κ1) is 7.80. The monoisotopic (exact) mass is 166 g/mol. The number of aromatic nitrogens is 2. The van der Waals surface area contributed by atoms with Gasteiger partial charge in [-0.2, -0.15) is 0 Å². The van der Waals surface area contributed by atoms with E-state index in [1.807, 2.05) is 20.0 Å². The smallest absolute Gasteiger partial charge is 0.105 e. The van der Waals surface area contributed by atoms with Crippen LogP contribution in [-0.4, -0.2) is 20.3 Å². The number of hydrogen-bond donors (Lipinski definition) is 1. The molecule has 1 aromatic rings. The largest absolute Gasteiger partial charge is 0.388 e. The Balaban J connectivity index is 2.27. The number of hydrogen-bond acceptors (Lipinski definition) is 2. The molecule has 1 fully saturated rings. The van der Waals surface area contributed by atoms with E-state index < -0.39 is 5.60 Å². The van der Waals surface area contributed by atoms with Crippen LogP contribution in [0, 0.1) is 6.92 Å². The molecule has 12 heavy (non-hydrogen) atoms. The predicted octanol–water partition coefficient (Wildman–Crippen LogP) is 1.28. The molecule has 0 aromatic carbocycles. The Morgan fingerprint density at radius 1 is 1.75 bits per heavy atom. The van der Waals surface area contributed by atoms with Gasteiger partial charge in [0.15, 0.2) is 0 Å². The quantitative estimate of drug-likeness (QED) is 0.682. The van der Waals surface area contributed by atoms with E-state index in [0.717, 1.165) is 18.7 Å². The Bertz CT molecular complexity index is 290. The zero-order valence-electron chi connectivity index (χ0n) is 7.49. The number of rotatable bonds is 1.